The lowest BCUT2D eigenvalue weighted by molar-refractivity contribution is -0.129. The van der Waals surface area contributed by atoms with E-state index < -0.39 is 12.5 Å². The molecule has 1 aliphatic heterocycles. The normalized spacial score (nSPS) is 19.3. The van der Waals surface area contributed by atoms with Crippen LogP contribution in [-0.2, 0) is 4.79 Å². The average Bonchev–Trinajstić information content (AvgIpc) is 3.57. The van der Waals surface area contributed by atoms with E-state index in [2.05, 4.69) is 15.4 Å². The highest BCUT2D eigenvalue weighted by Crippen LogP contribution is 2.39. The molecule has 8 nitrogen and oxygen atoms in total. The maximum Gasteiger partial charge on any atom is 0.387 e. The van der Waals surface area contributed by atoms with Gasteiger partial charge >= 0.3 is 6.61 Å². The third kappa shape index (κ3) is 6.16. The first-order chi connectivity index (χ1) is 17.2. The summed E-state index contributed by atoms with van der Waals surface area (Å²) in [6.45, 7) is 0.103. The minimum absolute atomic E-state index is 0.0220. The lowest BCUT2D eigenvalue weighted by Gasteiger charge is -2.24. The summed E-state index contributed by atoms with van der Waals surface area (Å²) in [6.07, 6.45) is 2.86. The zero-order valence-corrected chi connectivity index (χ0v) is 20.4. The molecule has 1 aliphatic carbocycles. The van der Waals surface area contributed by atoms with Crippen molar-refractivity contribution >= 4 is 23.2 Å². The van der Waals surface area contributed by atoms with Gasteiger partial charge in [0.25, 0.3) is 5.91 Å². The van der Waals surface area contributed by atoms with Gasteiger partial charge < -0.3 is 30.7 Å². The number of carbonyl (C=O) groups excluding carboxylic acids is 2. The molecule has 1 saturated heterocycles. The van der Waals surface area contributed by atoms with Crippen LogP contribution in [0.2, 0.25) is 0 Å². The van der Waals surface area contributed by atoms with Crippen LogP contribution in [-0.4, -0.2) is 56.1 Å². The van der Waals surface area contributed by atoms with E-state index in [4.69, 9.17) is 10.5 Å². The van der Waals surface area contributed by atoms with Gasteiger partial charge in [-0.25, -0.2) is 0 Å². The Morgan fingerprint density at radius 1 is 1.17 bits per heavy atom. The molecule has 0 bridgehead atoms. The second-order valence-corrected chi connectivity index (χ2v) is 9.35. The zero-order valence-electron chi connectivity index (χ0n) is 20.4. The summed E-state index contributed by atoms with van der Waals surface area (Å²) in [6, 6.07) is 10.2. The van der Waals surface area contributed by atoms with Crippen molar-refractivity contribution in [2.75, 3.05) is 37.4 Å². The number of likely N-dealkylation sites (tertiary alicyclic amines) is 1. The minimum atomic E-state index is -2.94. The summed E-state index contributed by atoms with van der Waals surface area (Å²) in [5, 5.41) is 6.32. The molecule has 1 unspecified atom stereocenters. The summed E-state index contributed by atoms with van der Waals surface area (Å²) in [5.74, 6) is 0.266. The number of amides is 2. The Morgan fingerprint density at radius 2 is 1.94 bits per heavy atom. The van der Waals surface area contributed by atoms with Gasteiger partial charge in [-0.05, 0) is 61.1 Å². The molecule has 194 valence electrons. The van der Waals surface area contributed by atoms with Gasteiger partial charge in [-0.15, -0.1) is 0 Å². The molecule has 4 N–H and O–H groups in total. The molecular weight excluding hydrogens is 470 g/mol. The number of nitrogens with one attached hydrogen (secondary N) is 2. The van der Waals surface area contributed by atoms with Crippen molar-refractivity contribution in [3.63, 3.8) is 0 Å². The monoisotopic (exact) mass is 502 g/mol. The Hall–Kier alpha value is -3.56. The summed E-state index contributed by atoms with van der Waals surface area (Å²) >= 11 is 0. The number of rotatable bonds is 11. The minimum Gasteiger partial charge on any atom is -0.489 e. The molecule has 2 atom stereocenters. The predicted molar refractivity (Wildman–Crippen MR) is 133 cm³/mol. The largest absolute Gasteiger partial charge is 0.489 e. The topological polar surface area (TPSA) is 106 Å². The number of nitrogens with two attached hydrogens (primary N) is 1. The van der Waals surface area contributed by atoms with E-state index in [0.29, 0.717) is 49.0 Å². The SMILES string of the molecule is CNc1cc(NC[C@H]2CC(c3ccc(OC(F)F)c(OCC4CC4)c3)CN2C(C)=O)ccc1C(N)=O. The van der Waals surface area contributed by atoms with Crippen LogP contribution in [0.4, 0.5) is 20.2 Å². The highest BCUT2D eigenvalue weighted by atomic mass is 19.3. The van der Waals surface area contributed by atoms with E-state index in [1.165, 1.54) is 6.07 Å². The summed E-state index contributed by atoms with van der Waals surface area (Å²) in [7, 11) is 1.71. The highest BCUT2D eigenvalue weighted by Gasteiger charge is 2.35. The molecule has 2 fully saturated rings. The Bertz CT molecular complexity index is 1110. The molecule has 4 rings (SSSR count). The van der Waals surface area contributed by atoms with E-state index in [9.17, 15) is 18.4 Å². The summed E-state index contributed by atoms with van der Waals surface area (Å²) < 4.78 is 36.3. The number of hydrogen-bond donors (Lipinski definition) is 3. The average molecular weight is 503 g/mol. The molecule has 2 aliphatic rings. The first kappa shape index (κ1) is 25.5. The van der Waals surface area contributed by atoms with Gasteiger partial charge in [0.15, 0.2) is 11.5 Å². The first-order valence-corrected chi connectivity index (χ1v) is 12.1. The van der Waals surface area contributed by atoms with Crippen molar-refractivity contribution in [1.82, 2.24) is 4.90 Å². The Balaban J connectivity index is 1.47. The molecule has 1 heterocycles. The second kappa shape index (κ2) is 11.0. The maximum absolute atomic E-state index is 12.9. The molecule has 10 heteroatoms. The quantitative estimate of drug-likeness (QED) is 0.428. The Morgan fingerprint density at radius 3 is 2.58 bits per heavy atom. The lowest BCUT2D eigenvalue weighted by atomic mass is 9.96. The molecule has 2 aromatic carbocycles. The number of carbonyl (C=O) groups is 2. The van der Waals surface area contributed by atoms with Crippen LogP contribution >= 0.6 is 0 Å². The fourth-order valence-electron chi connectivity index (χ4n) is 4.63. The molecule has 2 aromatic rings. The fourth-order valence-corrected chi connectivity index (χ4v) is 4.63. The fraction of sp³-hybridized carbons (Fsp3) is 0.462. The number of halogens is 2. The van der Waals surface area contributed by atoms with Crippen LogP contribution in [0, 0.1) is 5.92 Å². The van der Waals surface area contributed by atoms with Crippen molar-refractivity contribution in [1.29, 1.82) is 0 Å². The van der Waals surface area contributed by atoms with Crippen molar-refractivity contribution < 1.29 is 27.8 Å². The van der Waals surface area contributed by atoms with Crippen molar-refractivity contribution in [3.8, 4) is 11.5 Å². The van der Waals surface area contributed by atoms with Crippen LogP contribution in [0.25, 0.3) is 0 Å². The summed E-state index contributed by atoms with van der Waals surface area (Å²) in [4.78, 5) is 25.8. The Labute approximate surface area is 209 Å². The third-order valence-electron chi connectivity index (χ3n) is 6.74. The standard InChI is InChI=1S/C26H32F2N4O4/c1-15(33)32-13-18(9-20(32)12-31-19-6-7-21(25(29)34)22(11-19)30-2)17-5-8-23(36-26(27)28)24(10-17)35-14-16-3-4-16/h5-8,10-11,16,18,20,26,30-31H,3-4,9,12-14H2,1-2H3,(H2,29,34)/t18?,20-/m1/s1. The molecule has 0 aromatic heterocycles. The zero-order chi connectivity index (χ0) is 25.8. The van der Waals surface area contributed by atoms with Gasteiger partial charge in [0.2, 0.25) is 5.91 Å². The molecule has 36 heavy (non-hydrogen) atoms. The van der Waals surface area contributed by atoms with Gasteiger partial charge in [0.1, 0.15) is 0 Å². The lowest BCUT2D eigenvalue weighted by Crippen LogP contribution is -2.38. The molecule has 0 radical (unpaired) electrons. The van der Waals surface area contributed by atoms with Crippen LogP contribution in [0.3, 0.4) is 0 Å². The smallest absolute Gasteiger partial charge is 0.387 e. The number of anilines is 2. The van der Waals surface area contributed by atoms with E-state index in [1.54, 1.807) is 44.3 Å². The highest BCUT2D eigenvalue weighted by molar-refractivity contribution is 5.99. The number of primary amides is 1. The van der Waals surface area contributed by atoms with Gasteiger partial charge in [0.05, 0.1) is 12.2 Å². The number of nitrogens with zero attached hydrogens (tertiary/aromatic N) is 1. The van der Waals surface area contributed by atoms with Crippen molar-refractivity contribution in [3.05, 3.63) is 47.5 Å². The first-order valence-electron chi connectivity index (χ1n) is 12.1. The van der Waals surface area contributed by atoms with Crippen LogP contribution in [0.5, 0.6) is 11.5 Å². The van der Waals surface area contributed by atoms with Gasteiger partial charge in [-0.2, -0.15) is 8.78 Å². The van der Waals surface area contributed by atoms with Crippen molar-refractivity contribution in [2.45, 2.75) is 44.8 Å². The molecule has 1 saturated carbocycles. The van der Waals surface area contributed by atoms with E-state index in [-0.39, 0.29) is 23.6 Å². The second-order valence-electron chi connectivity index (χ2n) is 9.35. The molecule has 2 amide bonds. The van der Waals surface area contributed by atoms with Crippen LogP contribution in [0.15, 0.2) is 36.4 Å². The summed E-state index contributed by atoms with van der Waals surface area (Å²) in [5.41, 5.74) is 8.14. The number of benzene rings is 2. The Kier molecular flexibility index (Phi) is 7.81. The number of alkyl halides is 2. The third-order valence-corrected chi connectivity index (χ3v) is 6.74. The van der Waals surface area contributed by atoms with E-state index >= 15 is 0 Å². The van der Waals surface area contributed by atoms with Gasteiger partial charge in [0, 0.05) is 50.4 Å². The van der Waals surface area contributed by atoms with Crippen LogP contribution in [0.1, 0.15) is 48.0 Å². The number of hydrogen-bond acceptors (Lipinski definition) is 6. The number of ether oxygens (including phenoxy) is 2. The van der Waals surface area contributed by atoms with Crippen LogP contribution < -0.4 is 25.8 Å². The predicted octanol–water partition coefficient (Wildman–Crippen LogP) is 4.03. The van der Waals surface area contributed by atoms with Gasteiger partial charge in [-0.3, -0.25) is 9.59 Å². The van der Waals surface area contributed by atoms with E-state index in [1.807, 2.05) is 4.90 Å². The van der Waals surface area contributed by atoms with Gasteiger partial charge in [-0.1, -0.05) is 6.07 Å². The maximum atomic E-state index is 12.9. The van der Waals surface area contributed by atoms with Crippen molar-refractivity contribution in [2.24, 2.45) is 11.7 Å². The molecular formula is C26H32F2N4O4. The van der Waals surface area contributed by atoms with E-state index in [0.717, 1.165) is 24.1 Å². The molecule has 0 spiro atoms.